The van der Waals surface area contributed by atoms with E-state index in [-0.39, 0.29) is 0 Å². The summed E-state index contributed by atoms with van der Waals surface area (Å²) in [6.45, 7) is 5.31. The van der Waals surface area contributed by atoms with Gasteiger partial charge in [-0.05, 0) is 45.0 Å². The number of halogens is 1. The first-order chi connectivity index (χ1) is 12.7. The number of hydrogen-bond acceptors (Lipinski definition) is 5. The van der Waals surface area contributed by atoms with Crippen LogP contribution < -0.4 is 14.8 Å². The molecule has 0 heterocycles. The molecular weight excluding hydrogens is 370 g/mol. The second-order valence-corrected chi connectivity index (χ2v) is 7.22. The van der Waals surface area contributed by atoms with E-state index in [1.165, 1.54) is 14.2 Å². The molecule has 0 radical (unpaired) electrons. The molecule has 1 amide bonds. The van der Waals surface area contributed by atoms with Crippen LogP contribution in [0.1, 0.15) is 38.0 Å². The van der Waals surface area contributed by atoms with Crippen LogP contribution in [0, 0.1) is 0 Å². The highest BCUT2D eigenvalue weighted by Crippen LogP contribution is 2.38. The van der Waals surface area contributed by atoms with Crippen LogP contribution in [0.2, 0.25) is 5.02 Å². The predicted octanol–water partition coefficient (Wildman–Crippen LogP) is 4.79. The number of ether oxygens (including phenoxy) is 3. The summed E-state index contributed by atoms with van der Waals surface area (Å²) in [6.07, 6.45) is -1.74. The maximum Gasteiger partial charge on any atom is 0.412 e. The molecular formula is C20H24ClNO5. The van der Waals surface area contributed by atoms with Gasteiger partial charge in [0, 0.05) is 11.1 Å². The minimum absolute atomic E-state index is 0.290. The molecule has 0 aliphatic heterocycles. The summed E-state index contributed by atoms with van der Waals surface area (Å²) in [5.74, 6) is 0.968. The van der Waals surface area contributed by atoms with Crippen LogP contribution in [0.25, 0.3) is 0 Å². The summed E-state index contributed by atoms with van der Waals surface area (Å²) < 4.78 is 15.7. The Kier molecular flexibility index (Phi) is 6.57. The summed E-state index contributed by atoms with van der Waals surface area (Å²) in [7, 11) is 3.02. The number of carbonyl (C=O) groups excluding carboxylic acids is 1. The smallest absolute Gasteiger partial charge is 0.412 e. The Morgan fingerprint density at radius 3 is 2.41 bits per heavy atom. The Morgan fingerprint density at radius 2 is 1.81 bits per heavy atom. The number of benzene rings is 2. The second-order valence-electron chi connectivity index (χ2n) is 6.85. The van der Waals surface area contributed by atoms with E-state index in [1.807, 2.05) is 0 Å². The summed E-state index contributed by atoms with van der Waals surface area (Å²) in [6, 6.07) is 10.1. The zero-order valence-corrected chi connectivity index (χ0v) is 16.8. The molecule has 146 valence electrons. The maximum atomic E-state index is 12.2. The molecule has 27 heavy (non-hydrogen) atoms. The highest BCUT2D eigenvalue weighted by molar-refractivity contribution is 6.32. The summed E-state index contributed by atoms with van der Waals surface area (Å²) in [5.41, 5.74) is 0.592. The fraction of sp³-hybridized carbons (Fsp3) is 0.350. The molecule has 0 bridgehead atoms. The molecule has 0 spiro atoms. The average Bonchev–Trinajstić information content (AvgIpc) is 2.60. The highest BCUT2D eigenvalue weighted by Gasteiger charge is 2.23. The third-order valence-corrected chi connectivity index (χ3v) is 4.10. The normalized spacial score (nSPS) is 12.3. The molecule has 0 fully saturated rings. The molecule has 0 aliphatic rings. The maximum absolute atomic E-state index is 12.2. The van der Waals surface area contributed by atoms with Crippen molar-refractivity contribution in [3.05, 3.63) is 52.5 Å². The van der Waals surface area contributed by atoms with E-state index in [2.05, 4.69) is 5.32 Å². The van der Waals surface area contributed by atoms with Gasteiger partial charge in [0.1, 0.15) is 23.2 Å². The largest absolute Gasteiger partial charge is 0.497 e. The van der Waals surface area contributed by atoms with E-state index in [4.69, 9.17) is 25.8 Å². The molecule has 0 aromatic heterocycles. The second kappa shape index (κ2) is 8.50. The van der Waals surface area contributed by atoms with Crippen molar-refractivity contribution in [2.45, 2.75) is 32.5 Å². The number of aliphatic hydroxyl groups excluding tert-OH is 1. The van der Waals surface area contributed by atoms with E-state index in [1.54, 1.807) is 57.2 Å². The van der Waals surface area contributed by atoms with Crippen molar-refractivity contribution in [1.82, 2.24) is 0 Å². The number of hydrogen-bond donors (Lipinski definition) is 2. The van der Waals surface area contributed by atoms with Gasteiger partial charge in [0.25, 0.3) is 0 Å². The molecule has 2 aromatic rings. The molecule has 0 saturated heterocycles. The number of rotatable bonds is 5. The Balaban J connectivity index is 2.43. The summed E-state index contributed by atoms with van der Waals surface area (Å²) >= 11 is 6.34. The fourth-order valence-corrected chi connectivity index (χ4v) is 2.79. The van der Waals surface area contributed by atoms with Gasteiger partial charge in [-0.3, -0.25) is 5.32 Å². The number of carbonyl (C=O) groups is 1. The SMILES string of the molecule is COc1ccc(NC(=O)OC(C)(C)C)c(C(O)c2cccc(OC)c2Cl)c1. The Morgan fingerprint density at radius 1 is 1.11 bits per heavy atom. The monoisotopic (exact) mass is 393 g/mol. The average molecular weight is 394 g/mol. The lowest BCUT2D eigenvalue weighted by molar-refractivity contribution is 0.0635. The van der Waals surface area contributed by atoms with Crippen LogP contribution >= 0.6 is 11.6 Å². The van der Waals surface area contributed by atoms with E-state index in [0.29, 0.717) is 33.3 Å². The predicted molar refractivity (Wildman–Crippen MR) is 105 cm³/mol. The van der Waals surface area contributed by atoms with Crippen molar-refractivity contribution in [1.29, 1.82) is 0 Å². The standard InChI is InChI=1S/C20H24ClNO5/c1-20(2,3)27-19(24)22-15-10-9-12(25-4)11-14(15)18(23)13-7-6-8-16(26-5)17(13)21/h6-11,18,23H,1-5H3,(H,22,24). The van der Waals surface area contributed by atoms with Crippen molar-refractivity contribution < 1.29 is 24.1 Å². The van der Waals surface area contributed by atoms with Crippen LogP contribution in [0.15, 0.2) is 36.4 Å². The molecule has 0 aliphatic carbocycles. The van der Waals surface area contributed by atoms with Gasteiger partial charge < -0.3 is 19.3 Å². The Bertz CT molecular complexity index is 817. The van der Waals surface area contributed by atoms with Crippen LogP contribution in [-0.2, 0) is 4.74 Å². The minimum Gasteiger partial charge on any atom is -0.497 e. The minimum atomic E-state index is -1.12. The van der Waals surface area contributed by atoms with Gasteiger partial charge in [-0.25, -0.2) is 4.79 Å². The lowest BCUT2D eigenvalue weighted by Gasteiger charge is -2.22. The van der Waals surface area contributed by atoms with E-state index < -0.39 is 17.8 Å². The first kappa shape index (κ1) is 20.9. The molecule has 2 aromatic carbocycles. The molecule has 6 nitrogen and oxygen atoms in total. The van der Waals surface area contributed by atoms with Gasteiger partial charge in [-0.15, -0.1) is 0 Å². The first-order valence-corrected chi connectivity index (χ1v) is 8.72. The zero-order valence-electron chi connectivity index (χ0n) is 16.0. The van der Waals surface area contributed by atoms with Crippen LogP contribution in [0.5, 0.6) is 11.5 Å². The Hall–Kier alpha value is -2.44. The van der Waals surface area contributed by atoms with Crippen molar-refractivity contribution in [2.24, 2.45) is 0 Å². The lowest BCUT2D eigenvalue weighted by atomic mass is 9.99. The highest BCUT2D eigenvalue weighted by atomic mass is 35.5. The van der Waals surface area contributed by atoms with Crippen molar-refractivity contribution >= 4 is 23.4 Å². The van der Waals surface area contributed by atoms with Crippen molar-refractivity contribution in [3.8, 4) is 11.5 Å². The van der Waals surface area contributed by atoms with Gasteiger partial charge in [0.05, 0.1) is 24.9 Å². The van der Waals surface area contributed by atoms with Crippen molar-refractivity contribution in [2.75, 3.05) is 19.5 Å². The topological polar surface area (TPSA) is 77.0 Å². The molecule has 7 heteroatoms. The molecule has 1 atom stereocenters. The van der Waals surface area contributed by atoms with Gasteiger partial charge in [-0.1, -0.05) is 23.7 Å². The van der Waals surface area contributed by atoms with Crippen LogP contribution in [0.3, 0.4) is 0 Å². The first-order valence-electron chi connectivity index (χ1n) is 8.34. The zero-order chi connectivity index (χ0) is 20.2. The molecule has 2 rings (SSSR count). The lowest BCUT2D eigenvalue weighted by Crippen LogP contribution is -2.27. The van der Waals surface area contributed by atoms with Gasteiger partial charge >= 0.3 is 6.09 Å². The Labute approximate surface area is 164 Å². The van der Waals surface area contributed by atoms with E-state index >= 15 is 0 Å². The van der Waals surface area contributed by atoms with Crippen molar-refractivity contribution in [3.63, 3.8) is 0 Å². The quantitative estimate of drug-likeness (QED) is 0.763. The third-order valence-electron chi connectivity index (χ3n) is 3.70. The van der Waals surface area contributed by atoms with E-state index in [9.17, 15) is 9.90 Å². The number of aliphatic hydroxyl groups is 1. The number of anilines is 1. The molecule has 1 unspecified atom stereocenters. The van der Waals surface area contributed by atoms with Crippen LogP contribution in [0.4, 0.5) is 10.5 Å². The number of methoxy groups -OCH3 is 2. The van der Waals surface area contributed by atoms with Gasteiger partial charge in [0.2, 0.25) is 0 Å². The summed E-state index contributed by atoms with van der Waals surface area (Å²) in [5, 5.41) is 13.9. The summed E-state index contributed by atoms with van der Waals surface area (Å²) in [4.78, 5) is 12.2. The number of amides is 1. The van der Waals surface area contributed by atoms with E-state index in [0.717, 1.165) is 0 Å². The molecule has 2 N–H and O–H groups in total. The fourth-order valence-electron chi connectivity index (χ4n) is 2.49. The van der Waals surface area contributed by atoms with Crippen LogP contribution in [-0.4, -0.2) is 31.0 Å². The molecule has 0 saturated carbocycles. The van der Waals surface area contributed by atoms with Gasteiger partial charge in [-0.2, -0.15) is 0 Å². The number of nitrogens with one attached hydrogen (secondary N) is 1. The third kappa shape index (κ3) is 5.28. The van der Waals surface area contributed by atoms with Gasteiger partial charge in [0.15, 0.2) is 0 Å².